The molecule has 2 aromatic heterocycles. The molecule has 0 bridgehead atoms. The Morgan fingerprint density at radius 1 is 0.870 bits per heavy atom. The van der Waals surface area contributed by atoms with Gasteiger partial charge in [0.15, 0.2) is 5.13 Å². The van der Waals surface area contributed by atoms with E-state index in [0.717, 1.165) is 32.7 Å². The van der Waals surface area contributed by atoms with Gasteiger partial charge in [0.05, 0.1) is 21.6 Å². The number of thiazole rings is 1. The molecule has 23 heavy (non-hydrogen) atoms. The molecule has 0 saturated heterocycles. The summed E-state index contributed by atoms with van der Waals surface area (Å²) in [6.07, 6.45) is 3.32. The Kier molecular flexibility index (Phi) is 3.24. The fraction of sp³-hybridized carbons (Fsp3) is 0. The molecule has 2 heterocycles. The summed E-state index contributed by atoms with van der Waals surface area (Å²) < 4.78 is 13.1. The summed E-state index contributed by atoms with van der Waals surface area (Å²) in [5.74, 6) is -0.278. The zero-order valence-corrected chi connectivity index (χ0v) is 12.7. The zero-order chi connectivity index (χ0) is 15.8. The Balaban J connectivity index is 1.89. The predicted octanol–water partition coefficient (Wildman–Crippen LogP) is 4.14. The van der Waals surface area contributed by atoms with Crippen LogP contribution in [0.2, 0.25) is 0 Å². The summed E-state index contributed by atoms with van der Waals surface area (Å²) in [6.45, 7) is 0. The second kappa shape index (κ2) is 5.40. The lowest BCUT2D eigenvalue weighted by molar-refractivity contribution is 0.628. The van der Waals surface area contributed by atoms with Crippen molar-refractivity contribution in [1.82, 2.24) is 15.0 Å². The number of rotatable bonds is 2. The van der Waals surface area contributed by atoms with Crippen LogP contribution in [-0.4, -0.2) is 15.0 Å². The van der Waals surface area contributed by atoms with Crippen molar-refractivity contribution >= 4 is 27.5 Å². The summed E-state index contributed by atoms with van der Waals surface area (Å²) in [7, 11) is 0. The maximum absolute atomic E-state index is 13.1. The number of nitrogens with two attached hydrogens (primary N) is 1. The average molecular weight is 322 g/mol. The van der Waals surface area contributed by atoms with Gasteiger partial charge in [0, 0.05) is 18.0 Å². The Bertz CT molecular complexity index is 995. The van der Waals surface area contributed by atoms with Gasteiger partial charge in [-0.3, -0.25) is 9.97 Å². The minimum atomic E-state index is -0.278. The lowest BCUT2D eigenvalue weighted by atomic mass is 10.1. The van der Waals surface area contributed by atoms with Crippen LogP contribution in [0.4, 0.5) is 9.52 Å². The van der Waals surface area contributed by atoms with Gasteiger partial charge in [-0.1, -0.05) is 17.4 Å². The van der Waals surface area contributed by atoms with Gasteiger partial charge < -0.3 is 5.73 Å². The number of aromatic nitrogens is 3. The lowest BCUT2D eigenvalue weighted by Gasteiger charge is -2.04. The van der Waals surface area contributed by atoms with Gasteiger partial charge in [-0.15, -0.1) is 0 Å². The van der Waals surface area contributed by atoms with Crippen LogP contribution >= 0.6 is 11.3 Å². The first kappa shape index (κ1) is 13.8. The molecule has 2 N–H and O–H groups in total. The van der Waals surface area contributed by atoms with E-state index < -0.39 is 0 Å². The van der Waals surface area contributed by atoms with Gasteiger partial charge in [-0.2, -0.15) is 0 Å². The minimum absolute atomic E-state index is 0.278. The maximum Gasteiger partial charge on any atom is 0.181 e. The number of hydrogen-bond donors (Lipinski definition) is 1. The third kappa shape index (κ3) is 2.53. The average Bonchev–Trinajstić information content (AvgIpc) is 2.97. The number of nitrogens with zero attached hydrogens (tertiary/aromatic N) is 3. The highest BCUT2D eigenvalue weighted by Crippen LogP contribution is 2.38. The highest BCUT2D eigenvalue weighted by Gasteiger charge is 2.14. The molecule has 0 amide bonds. The number of hydrogen-bond acceptors (Lipinski definition) is 5. The van der Waals surface area contributed by atoms with E-state index in [0.29, 0.717) is 5.13 Å². The molecule has 2 aromatic carbocycles. The van der Waals surface area contributed by atoms with E-state index >= 15 is 0 Å². The third-order valence-electron chi connectivity index (χ3n) is 3.49. The summed E-state index contributed by atoms with van der Waals surface area (Å²) in [6, 6.07) is 12.1. The molecule has 4 nitrogen and oxygen atoms in total. The molecule has 0 radical (unpaired) electrons. The van der Waals surface area contributed by atoms with Gasteiger partial charge in [0.25, 0.3) is 0 Å². The van der Waals surface area contributed by atoms with Crippen molar-refractivity contribution in [2.45, 2.75) is 0 Å². The summed E-state index contributed by atoms with van der Waals surface area (Å²) in [5.41, 5.74) is 10.1. The fourth-order valence-corrected chi connectivity index (χ4v) is 3.29. The number of nitrogen functional groups attached to an aromatic ring is 1. The molecule has 0 saturated carbocycles. The molecule has 112 valence electrons. The molecule has 0 fully saturated rings. The molecule has 6 heteroatoms. The standard InChI is InChI=1S/C17H11FN4S/c18-12-4-1-10(2-5-12)15-16(23-17(19)22-15)11-3-6-13-14(9-11)21-8-7-20-13/h1-9H,(H2,19,22). The normalized spacial score (nSPS) is 11.0. The van der Waals surface area contributed by atoms with E-state index in [-0.39, 0.29) is 5.82 Å². The van der Waals surface area contributed by atoms with E-state index in [1.807, 2.05) is 18.2 Å². The van der Waals surface area contributed by atoms with Gasteiger partial charge >= 0.3 is 0 Å². The lowest BCUT2D eigenvalue weighted by Crippen LogP contribution is -1.86. The zero-order valence-electron chi connectivity index (χ0n) is 11.9. The highest BCUT2D eigenvalue weighted by atomic mass is 32.1. The maximum atomic E-state index is 13.1. The van der Waals surface area contributed by atoms with Crippen LogP contribution in [0, 0.1) is 5.82 Å². The second-order valence-electron chi connectivity index (χ2n) is 5.00. The van der Waals surface area contributed by atoms with E-state index in [9.17, 15) is 4.39 Å². The van der Waals surface area contributed by atoms with Crippen LogP contribution in [0.1, 0.15) is 0 Å². The smallest absolute Gasteiger partial charge is 0.181 e. The van der Waals surface area contributed by atoms with Crippen LogP contribution in [0.25, 0.3) is 32.7 Å². The number of halogens is 1. The van der Waals surface area contributed by atoms with Crippen LogP contribution < -0.4 is 5.73 Å². The Morgan fingerprint density at radius 3 is 2.35 bits per heavy atom. The molecule has 4 aromatic rings. The largest absolute Gasteiger partial charge is 0.375 e. The van der Waals surface area contributed by atoms with E-state index in [1.54, 1.807) is 24.5 Å². The highest BCUT2D eigenvalue weighted by molar-refractivity contribution is 7.19. The van der Waals surface area contributed by atoms with Crippen molar-refractivity contribution in [2.75, 3.05) is 5.73 Å². The molecule has 0 spiro atoms. The Labute approximate surface area is 135 Å². The topological polar surface area (TPSA) is 64.7 Å². The van der Waals surface area contributed by atoms with Gasteiger partial charge in [-0.05, 0) is 42.0 Å². The molecule has 0 atom stereocenters. The quantitative estimate of drug-likeness (QED) is 0.602. The van der Waals surface area contributed by atoms with Crippen LogP contribution in [0.15, 0.2) is 54.9 Å². The van der Waals surface area contributed by atoms with Crippen molar-refractivity contribution in [2.24, 2.45) is 0 Å². The van der Waals surface area contributed by atoms with E-state index in [4.69, 9.17) is 5.73 Å². The predicted molar refractivity (Wildman–Crippen MR) is 90.5 cm³/mol. The number of fused-ring (bicyclic) bond motifs is 1. The SMILES string of the molecule is Nc1nc(-c2ccc(F)cc2)c(-c2ccc3nccnc3c2)s1. The third-order valence-corrected chi connectivity index (χ3v) is 4.43. The molecular formula is C17H11FN4S. The van der Waals surface area contributed by atoms with Crippen molar-refractivity contribution < 1.29 is 4.39 Å². The molecule has 0 unspecified atom stereocenters. The summed E-state index contributed by atoms with van der Waals surface area (Å²) in [4.78, 5) is 13.9. The minimum Gasteiger partial charge on any atom is -0.375 e. The first-order chi connectivity index (χ1) is 11.2. The van der Waals surface area contributed by atoms with Crippen LogP contribution in [-0.2, 0) is 0 Å². The Hall–Kier alpha value is -2.86. The van der Waals surface area contributed by atoms with Crippen molar-refractivity contribution in [1.29, 1.82) is 0 Å². The fourth-order valence-electron chi connectivity index (χ4n) is 2.44. The summed E-state index contributed by atoms with van der Waals surface area (Å²) >= 11 is 1.40. The molecule has 4 rings (SSSR count). The first-order valence-electron chi connectivity index (χ1n) is 6.94. The summed E-state index contributed by atoms with van der Waals surface area (Å²) in [5, 5.41) is 0.471. The molecule has 0 aliphatic carbocycles. The first-order valence-corrected chi connectivity index (χ1v) is 7.76. The van der Waals surface area contributed by atoms with Gasteiger partial charge in [0.1, 0.15) is 5.82 Å². The van der Waals surface area contributed by atoms with Crippen molar-refractivity contribution in [3.05, 3.63) is 60.7 Å². The molecule has 0 aliphatic heterocycles. The number of benzene rings is 2. The van der Waals surface area contributed by atoms with Crippen molar-refractivity contribution in [3.8, 4) is 21.7 Å². The molecule has 0 aliphatic rings. The molecular weight excluding hydrogens is 311 g/mol. The van der Waals surface area contributed by atoms with Crippen LogP contribution in [0.5, 0.6) is 0 Å². The van der Waals surface area contributed by atoms with E-state index in [1.165, 1.54) is 23.5 Å². The van der Waals surface area contributed by atoms with Crippen LogP contribution in [0.3, 0.4) is 0 Å². The van der Waals surface area contributed by atoms with Gasteiger partial charge in [-0.25, -0.2) is 9.37 Å². The van der Waals surface area contributed by atoms with Gasteiger partial charge in [0.2, 0.25) is 0 Å². The van der Waals surface area contributed by atoms with E-state index in [2.05, 4.69) is 15.0 Å². The monoisotopic (exact) mass is 322 g/mol. The second-order valence-corrected chi connectivity index (χ2v) is 6.03. The number of anilines is 1. The Morgan fingerprint density at radius 2 is 1.57 bits per heavy atom. The van der Waals surface area contributed by atoms with Crippen molar-refractivity contribution in [3.63, 3.8) is 0 Å².